The Hall–Kier alpha value is -2.03. The van der Waals surface area contributed by atoms with Crippen molar-refractivity contribution >= 4 is 17.2 Å². The van der Waals surface area contributed by atoms with E-state index in [1.807, 2.05) is 19.2 Å². The molecule has 1 aliphatic rings. The van der Waals surface area contributed by atoms with E-state index in [2.05, 4.69) is 41.1 Å². The Labute approximate surface area is 114 Å². The Morgan fingerprint density at radius 3 is 2.89 bits per heavy atom. The molecule has 0 spiro atoms. The Balaban J connectivity index is 2.13. The van der Waals surface area contributed by atoms with Gasteiger partial charge >= 0.3 is 0 Å². The van der Waals surface area contributed by atoms with Gasteiger partial charge in [-0.25, -0.2) is 4.98 Å². The fourth-order valence-corrected chi connectivity index (χ4v) is 2.80. The smallest absolute Gasteiger partial charge is 0.156 e. The Morgan fingerprint density at radius 2 is 2.11 bits per heavy atom. The van der Waals surface area contributed by atoms with E-state index >= 15 is 0 Å². The first-order valence-electron chi connectivity index (χ1n) is 6.76. The molecule has 2 aromatic rings. The number of hydrogen-bond donors (Lipinski definition) is 1. The lowest BCUT2D eigenvalue weighted by Gasteiger charge is -2.36. The maximum atomic E-state index is 6.17. The van der Waals surface area contributed by atoms with Crippen molar-refractivity contribution in [3.63, 3.8) is 0 Å². The van der Waals surface area contributed by atoms with E-state index in [9.17, 15) is 0 Å². The summed E-state index contributed by atoms with van der Waals surface area (Å²) in [6.45, 7) is 4.25. The normalized spacial score (nSPS) is 18.2. The number of aromatic nitrogens is 1. The zero-order valence-electron chi connectivity index (χ0n) is 11.4. The Bertz CT molecular complexity index is 607. The summed E-state index contributed by atoms with van der Waals surface area (Å²) in [6, 6.07) is 10.9. The van der Waals surface area contributed by atoms with Gasteiger partial charge in [0.05, 0.1) is 5.69 Å². The molecule has 1 aliphatic heterocycles. The quantitative estimate of drug-likeness (QED) is 0.846. The van der Waals surface area contributed by atoms with Crippen molar-refractivity contribution in [1.29, 1.82) is 0 Å². The highest BCUT2D eigenvalue weighted by atomic mass is 15.2. The van der Waals surface area contributed by atoms with Crippen molar-refractivity contribution in [3.05, 3.63) is 47.7 Å². The molecule has 0 amide bonds. The first kappa shape index (κ1) is 12.0. The van der Waals surface area contributed by atoms with Gasteiger partial charge in [-0.05, 0) is 49.9 Å². The summed E-state index contributed by atoms with van der Waals surface area (Å²) in [5.41, 5.74) is 10.6. The van der Waals surface area contributed by atoms with Crippen LogP contribution >= 0.6 is 0 Å². The molecule has 3 nitrogen and oxygen atoms in total. The van der Waals surface area contributed by atoms with Crippen LogP contribution in [0.1, 0.15) is 24.5 Å². The summed E-state index contributed by atoms with van der Waals surface area (Å²) >= 11 is 0. The van der Waals surface area contributed by atoms with Crippen LogP contribution in [0.25, 0.3) is 0 Å². The summed E-state index contributed by atoms with van der Waals surface area (Å²) in [6.07, 6.45) is 4.14. The molecule has 1 aromatic carbocycles. The number of fused-ring (bicyclic) bond motifs is 1. The second-order valence-corrected chi connectivity index (χ2v) is 5.31. The van der Waals surface area contributed by atoms with E-state index in [1.165, 1.54) is 11.3 Å². The summed E-state index contributed by atoms with van der Waals surface area (Å²) < 4.78 is 0. The third-order valence-electron chi connectivity index (χ3n) is 3.78. The van der Waals surface area contributed by atoms with Gasteiger partial charge < -0.3 is 10.6 Å². The average Bonchev–Trinajstić information content (AvgIpc) is 2.40. The van der Waals surface area contributed by atoms with Crippen molar-refractivity contribution in [3.8, 4) is 0 Å². The van der Waals surface area contributed by atoms with Gasteiger partial charge in [-0.3, -0.25) is 0 Å². The van der Waals surface area contributed by atoms with Gasteiger partial charge in [-0.1, -0.05) is 18.2 Å². The van der Waals surface area contributed by atoms with E-state index in [4.69, 9.17) is 5.73 Å². The van der Waals surface area contributed by atoms with Gasteiger partial charge in [-0.2, -0.15) is 0 Å². The first-order valence-corrected chi connectivity index (χ1v) is 6.76. The predicted octanol–water partition coefficient (Wildman–Crippen LogP) is 3.45. The van der Waals surface area contributed by atoms with Crippen molar-refractivity contribution in [2.45, 2.75) is 32.7 Å². The number of para-hydroxylation sites is 1. The molecular formula is C16H19N3. The number of nitrogens with zero attached hydrogens (tertiary/aromatic N) is 2. The van der Waals surface area contributed by atoms with Gasteiger partial charge in [0.15, 0.2) is 5.82 Å². The Kier molecular flexibility index (Phi) is 2.90. The highest BCUT2D eigenvalue weighted by molar-refractivity contribution is 5.74. The molecule has 19 heavy (non-hydrogen) atoms. The zero-order valence-corrected chi connectivity index (χ0v) is 11.4. The van der Waals surface area contributed by atoms with Crippen LogP contribution in [-0.2, 0) is 6.42 Å². The maximum Gasteiger partial charge on any atom is 0.156 e. The minimum absolute atomic E-state index is 0.424. The second kappa shape index (κ2) is 4.57. The van der Waals surface area contributed by atoms with E-state index in [-0.39, 0.29) is 0 Å². The van der Waals surface area contributed by atoms with Crippen molar-refractivity contribution in [1.82, 2.24) is 4.98 Å². The lowest BCUT2D eigenvalue weighted by Crippen LogP contribution is -2.34. The lowest BCUT2D eigenvalue weighted by atomic mass is 9.96. The summed E-state index contributed by atoms with van der Waals surface area (Å²) in [5, 5.41) is 0. The molecule has 3 rings (SSSR count). The highest BCUT2D eigenvalue weighted by Gasteiger charge is 2.26. The molecule has 1 aromatic heterocycles. The van der Waals surface area contributed by atoms with E-state index < -0.39 is 0 Å². The molecule has 0 aliphatic carbocycles. The number of aryl methyl sites for hydroxylation is 2. The predicted molar refractivity (Wildman–Crippen MR) is 79.8 cm³/mol. The fourth-order valence-electron chi connectivity index (χ4n) is 2.80. The molecule has 3 heteroatoms. The van der Waals surface area contributed by atoms with Crippen LogP contribution < -0.4 is 10.6 Å². The van der Waals surface area contributed by atoms with Crippen LogP contribution in [0.2, 0.25) is 0 Å². The minimum Gasteiger partial charge on any atom is -0.396 e. The summed E-state index contributed by atoms with van der Waals surface area (Å²) in [7, 11) is 0. The van der Waals surface area contributed by atoms with Crippen molar-refractivity contribution < 1.29 is 0 Å². The number of pyridine rings is 1. The average molecular weight is 253 g/mol. The van der Waals surface area contributed by atoms with Crippen LogP contribution in [0.15, 0.2) is 36.5 Å². The molecular weight excluding hydrogens is 234 g/mol. The molecule has 0 saturated heterocycles. The number of rotatable bonds is 1. The van der Waals surface area contributed by atoms with Gasteiger partial charge in [0.25, 0.3) is 0 Å². The SMILES string of the molecule is Cc1cnc(N2c3ccccc3CCC2C)c(N)c1. The van der Waals surface area contributed by atoms with Gasteiger partial charge in [-0.15, -0.1) is 0 Å². The molecule has 0 fully saturated rings. The molecule has 98 valence electrons. The minimum atomic E-state index is 0.424. The van der Waals surface area contributed by atoms with Crippen LogP contribution in [0, 0.1) is 6.92 Å². The number of nitrogens with two attached hydrogens (primary N) is 1. The summed E-state index contributed by atoms with van der Waals surface area (Å²) in [5.74, 6) is 0.880. The molecule has 2 N–H and O–H groups in total. The van der Waals surface area contributed by atoms with Gasteiger partial charge in [0.2, 0.25) is 0 Å². The summed E-state index contributed by atoms with van der Waals surface area (Å²) in [4.78, 5) is 6.82. The number of hydrogen-bond acceptors (Lipinski definition) is 3. The van der Waals surface area contributed by atoms with E-state index in [1.54, 1.807) is 0 Å². The van der Waals surface area contributed by atoms with Crippen molar-refractivity contribution in [2.24, 2.45) is 0 Å². The molecule has 1 unspecified atom stereocenters. The van der Waals surface area contributed by atoms with Crippen LogP contribution in [0.5, 0.6) is 0 Å². The first-order chi connectivity index (χ1) is 9.16. The van der Waals surface area contributed by atoms with Gasteiger partial charge in [0.1, 0.15) is 0 Å². The number of benzene rings is 1. The van der Waals surface area contributed by atoms with Crippen LogP contribution in [-0.4, -0.2) is 11.0 Å². The molecule has 2 heterocycles. The van der Waals surface area contributed by atoms with Crippen LogP contribution in [0.4, 0.5) is 17.2 Å². The molecule has 1 atom stereocenters. The third kappa shape index (κ3) is 2.05. The number of anilines is 3. The maximum absolute atomic E-state index is 6.17. The zero-order chi connectivity index (χ0) is 13.4. The highest BCUT2D eigenvalue weighted by Crippen LogP contribution is 2.38. The molecule has 0 radical (unpaired) electrons. The standard InChI is InChI=1S/C16H19N3/c1-11-9-14(17)16(18-10-11)19-12(2)7-8-13-5-3-4-6-15(13)19/h3-6,9-10,12H,7-8,17H2,1-2H3. The fraction of sp³-hybridized carbons (Fsp3) is 0.312. The topological polar surface area (TPSA) is 42.2 Å². The van der Waals surface area contributed by atoms with E-state index in [0.29, 0.717) is 6.04 Å². The lowest BCUT2D eigenvalue weighted by molar-refractivity contribution is 0.614. The molecule has 0 bridgehead atoms. The van der Waals surface area contributed by atoms with Crippen molar-refractivity contribution in [2.75, 3.05) is 10.6 Å². The second-order valence-electron chi connectivity index (χ2n) is 5.31. The van der Waals surface area contributed by atoms with E-state index in [0.717, 1.165) is 29.9 Å². The Morgan fingerprint density at radius 1 is 1.32 bits per heavy atom. The number of nitrogen functional groups attached to an aromatic ring is 1. The monoisotopic (exact) mass is 253 g/mol. The van der Waals surface area contributed by atoms with Crippen LogP contribution in [0.3, 0.4) is 0 Å². The largest absolute Gasteiger partial charge is 0.396 e. The third-order valence-corrected chi connectivity index (χ3v) is 3.78. The van der Waals surface area contributed by atoms with Gasteiger partial charge in [0, 0.05) is 17.9 Å². The molecule has 0 saturated carbocycles.